The van der Waals surface area contributed by atoms with Gasteiger partial charge in [-0.3, -0.25) is 4.79 Å². The number of carboxylic acids is 1. The van der Waals surface area contributed by atoms with Gasteiger partial charge < -0.3 is 20.4 Å². The van der Waals surface area contributed by atoms with Crippen LogP contribution in [0.3, 0.4) is 0 Å². The van der Waals surface area contributed by atoms with Gasteiger partial charge in [-0.2, -0.15) is 0 Å². The zero-order chi connectivity index (χ0) is 20.1. The summed E-state index contributed by atoms with van der Waals surface area (Å²) < 4.78 is 0. The number of aliphatic hydroxyl groups is 3. The summed E-state index contributed by atoms with van der Waals surface area (Å²) in [6, 6.07) is 0. The smallest absolute Gasteiger partial charge is 0.303 e. The van der Waals surface area contributed by atoms with Crippen molar-refractivity contribution in [3.05, 3.63) is 24.3 Å². The topological polar surface area (TPSA) is 98.0 Å². The summed E-state index contributed by atoms with van der Waals surface area (Å²) in [5.74, 6) is -1.01. The molecule has 27 heavy (non-hydrogen) atoms. The van der Waals surface area contributed by atoms with Crippen LogP contribution in [0.5, 0.6) is 0 Å². The fourth-order valence-corrected chi connectivity index (χ4v) is 3.76. The first-order chi connectivity index (χ1) is 13.0. The van der Waals surface area contributed by atoms with Crippen LogP contribution in [-0.2, 0) is 4.79 Å². The highest BCUT2D eigenvalue weighted by Gasteiger charge is 2.39. The van der Waals surface area contributed by atoms with Gasteiger partial charge >= 0.3 is 5.97 Å². The number of allylic oxidation sites excluding steroid dienone is 2. The number of rotatable bonds is 14. The maximum atomic E-state index is 10.5. The van der Waals surface area contributed by atoms with E-state index in [9.17, 15) is 20.1 Å². The third-order valence-corrected chi connectivity index (χ3v) is 5.41. The Morgan fingerprint density at radius 3 is 2.52 bits per heavy atom. The summed E-state index contributed by atoms with van der Waals surface area (Å²) in [6.07, 6.45) is 15.0. The van der Waals surface area contributed by atoms with E-state index in [1.165, 1.54) is 19.3 Å². The SMILES string of the molecule is CCCCCCCC(O)C=CC1C(O)CC(O)C1CC=CCCCC(=O)O. The molecule has 0 bridgehead atoms. The number of hydrogen-bond donors (Lipinski definition) is 4. The molecule has 4 N–H and O–H groups in total. The highest BCUT2D eigenvalue weighted by Crippen LogP contribution is 2.36. The van der Waals surface area contributed by atoms with E-state index in [1.54, 1.807) is 6.08 Å². The number of aliphatic carboxylic acids is 1. The second kappa shape index (κ2) is 13.9. The van der Waals surface area contributed by atoms with E-state index in [1.807, 2.05) is 18.2 Å². The quantitative estimate of drug-likeness (QED) is 0.270. The first-order valence-corrected chi connectivity index (χ1v) is 10.5. The van der Waals surface area contributed by atoms with Gasteiger partial charge in [0.25, 0.3) is 0 Å². The minimum atomic E-state index is -0.785. The molecule has 0 heterocycles. The van der Waals surface area contributed by atoms with Crippen LogP contribution in [0.25, 0.3) is 0 Å². The lowest BCUT2D eigenvalue weighted by atomic mass is 9.89. The Morgan fingerprint density at radius 2 is 1.81 bits per heavy atom. The van der Waals surface area contributed by atoms with E-state index < -0.39 is 24.3 Å². The second-order valence-corrected chi connectivity index (χ2v) is 7.76. The molecule has 5 nitrogen and oxygen atoms in total. The van der Waals surface area contributed by atoms with E-state index in [0.29, 0.717) is 25.7 Å². The van der Waals surface area contributed by atoms with Gasteiger partial charge in [0.2, 0.25) is 0 Å². The third-order valence-electron chi connectivity index (χ3n) is 5.41. The minimum Gasteiger partial charge on any atom is -0.481 e. The number of aliphatic hydroxyl groups excluding tert-OH is 3. The molecule has 0 aromatic carbocycles. The van der Waals surface area contributed by atoms with Gasteiger partial charge in [-0.15, -0.1) is 0 Å². The monoisotopic (exact) mass is 382 g/mol. The molecule has 1 aliphatic rings. The van der Waals surface area contributed by atoms with Crippen molar-refractivity contribution >= 4 is 5.97 Å². The number of hydrogen-bond acceptors (Lipinski definition) is 4. The van der Waals surface area contributed by atoms with Gasteiger partial charge in [0.1, 0.15) is 0 Å². The summed E-state index contributed by atoms with van der Waals surface area (Å²) in [6.45, 7) is 2.18. The summed E-state index contributed by atoms with van der Waals surface area (Å²) in [5, 5.41) is 39.2. The number of carbonyl (C=O) groups is 1. The molecule has 156 valence electrons. The van der Waals surface area contributed by atoms with Crippen molar-refractivity contribution in [3.63, 3.8) is 0 Å². The molecule has 5 unspecified atom stereocenters. The Labute approximate surface area is 163 Å². The zero-order valence-corrected chi connectivity index (χ0v) is 16.7. The van der Waals surface area contributed by atoms with Crippen LogP contribution in [-0.4, -0.2) is 44.7 Å². The predicted molar refractivity (Wildman–Crippen MR) is 107 cm³/mol. The molecule has 5 atom stereocenters. The van der Waals surface area contributed by atoms with Gasteiger partial charge in [-0.25, -0.2) is 0 Å². The lowest BCUT2D eigenvalue weighted by molar-refractivity contribution is -0.137. The minimum absolute atomic E-state index is 0.0660. The fraction of sp³-hybridized carbons (Fsp3) is 0.773. The van der Waals surface area contributed by atoms with Gasteiger partial charge in [-0.1, -0.05) is 63.3 Å². The molecule has 1 rings (SSSR count). The van der Waals surface area contributed by atoms with Crippen molar-refractivity contribution in [1.29, 1.82) is 0 Å². The second-order valence-electron chi connectivity index (χ2n) is 7.76. The maximum absolute atomic E-state index is 10.5. The predicted octanol–water partition coefficient (Wildman–Crippen LogP) is 3.82. The van der Waals surface area contributed by atoms with Crippen molar-refractivity contribution in [3.8, 4) is 0 Å². The first kappa shape index (κ1) is 23.9. The lowest BCUT2D eigenvalue weighted by Gasteiger charge is -2.19. The van der Waals surface area contributed by atoms with Crippen LogP contribution < -0.4 is 0 Å². The summed E-state index contributed by atoms with van der Waals surface area (Å²) >= 11 is 0. The third kappa shape index (κ3) is 10.1. The molecular weight excluding hydrogens is 344 g/mol. The summed E-state index contributed by atoms with van der Waals surface area (Å²) in [5.41, 5.74) is 0. The molecule has 0 aromatic rings. The Hall–Kier alpha value is -1.17. The van der Waals surface area contributed by atoms with Gasteiger partial charge in [0, 0.05) is 18.8 Å². The number of unbranched alkanes of at least 4 members (excludes halogenated alkanes) is 5. The molecule has 0 amide bonds. The summed E-state index contributed by atoms with van der Waals surface area (Å²) in [4.78, 5) is 10.5. The summed E-state index contributed by atoms with van der Waals surface area (Å²) in [7, 11) is 0. The van der Waals surface area contributed by atoms with Crippen LogP contribution in [0.15, 0.2) is 24.3 Å². The van der Waals surface area contributed by atoms with Crippen LogP contribution >= 0.6 is 0 Å². The largest absolute Gasteiger partial charge is 0.481 e. The maximum Gasteiger partial charge on any atom is 0.303 e. The van der Waals surface area contributed by atoms with Crippen molar-refractivity contribution in [1.82, 2.24) is 0 Å². The Morgan fingerprint density at radius 1 is 1.07 bits per heavy atom. The van der Waals surface area contributed by atoms with Crippen LogP contribution in [0.1, 0.15) is 77.6 Å². The van der Waals surface area contributed by atoms with Crippen molar-refractivity contribution in [2.75, 3.05) is 0 Å². The van der Waals surface area contributed by atoms with Crippen molar-refractivity contribution < 1.29 is 25.2 Å². The average Bonchev–Trinajstić information content (AvgIpc) is 2.88. The fourth-order valence-electron chi connectivity index (χ4n) is 3.76. The standard InChI is InChI=1S/C22H38O5/c1-2-3-4-5-8-11-17(23)14-15-19-18(20(24)16-21(19)25)12-9-6-7-10-13-22(26)27/h6,9,14-15,17-21,23-25H,2-5,7-8,10-13,16H2,1H3,(H,26,27). The zero-order valence-electron chi connectivity index (χ0n) is 16.7. The Balaban J connectivity index is 2.41. The molecule has 0 spiro atoms. The van der Waals surface area contributed by atoms with Gasteiger partial charge in [0.15, 0.2) is 0 Å². The van der Waals surface area contributed by atoms with Gasteiger partial charge in [0.05, 0.1) is 18.3 Å². The molecule has 1 aliphatic carbocycles. The van der Waals surface area contributed by atoms with E-state index in [0.717, 1.165) is 19.3 Å². The first-order valence-electron chi connectivity index (χ1n) is 10.5. The molecule has 1 fully saturated rings. The highest BCUT2D eigenvalue weighted by atomic mass is 16.4. The van der Waals surface area contributed by atoms with E-state index in [-0.39, 0.29) is 18.3 Å². The van der Waals surface area contributed by atoms with Crippen LogP contribution in [0, 0.1) is 11.8 Å². The average molecular weight is 383 g/mol. The van der Waals surface area contributed by atoms with E-state index in [2.05, 4.69) is 6.92 Å². The molecule has 1 saturated carbocycles. The van der Waals surface area contributed by atoms with Crippen molar-refractivity contribution in [2.24, 2.45) is 11.8 Å². The van der Waals surface area contributed by atoms with Gasteiger partial charge in [-0.05, 0) is 31.6 Å². The van der Waals surface area contributed by atoms with E-state index in [4.69, 9.17) is 5.11 Å². The molecular formula is C22H38O5. The van der Waals surface area contributed by atoms with Crippen molar-refractivity contribution in [2.45, 2.75) is 95.9 Å². The Bertz CT molecular complexity index is 460. The van der Waals surface area contributed by atoms with Crippen LogP contribution in [0.4, 0.5) is 0 Å². The molecule has 0 radical (unpaired) electrons. The van der Waals surface area contributed by atoms with Crippen LogP contribution in [0.2, 0.25) is 0 Å². The van der Waals surface area contributed by atoms with E-state index >= 15 is 0 Å². The normalized spacial score (nSPS) is 27.0. The lowest BCUT2D eigenvalue weighted by Crippen LogP contribution is -2.20. The molecule has 0 aliphatic heterocycles. The molecule has 0 saturated heterocycles. The molecule has 5 heteroatoms. The Kier molecular flexibility index (Phi) is 12.3. The number of carboxylic acid groups (broad SMARTS) is 1. The highest BCUT2D eigenvalue weighted by molar-refractivity contribution is 5.66. The molecule has 0 aromatic heterocycles.